The molecule has 1 N–H and O–H groups in total. The Kier molecular flexibility index (Phi) is 6.54. The van der Waals surface area contributed by atoms with Gasteiger partial charge in [-0.2, -0.15) is 0 Å². The van der Waals surface area contributed by atoms with Crippen molar-refractivity contribution in [2.75, 3.05) is 19.9 Å². The molecule has 1 fully saturated rings. The van der Waals surface area contributed by atoms with Crippen LogP contribution in [0.2, 0.25) is 0 Å². The summed E-state index contributed by atoms with van der Waals surface area (Å²) in [6, 6.07) is 13.2. The molecule has 3 rings (SSSR count). The predicted molar refractivity (Wildman–Crippen MR) is 109 cm³/mol. The molecule has 1 saturated heterocycles. The molecule has 0 radical (unpaired) electrons. The zero-order valence-corrected chi connectivity index (χ0v) is 17.3. The highest BCUT2D eigenvalue weighted by Gasteiger charge is 2.36. The normalized spacial score (nSPS) is 19.8. The largest absolute Gasteiger partial charge is 0.453 e. The minimum Gasteiger partial charge on any atom is -0.453 e. The van der Waals surface area contributed by atoms with Gasteiger partial charge in [0.2, 0.25) is 10.0 Å². The summed E-state index contributed by atoms with van der Waals surface area (Å²) in [5.41, 5.74) is 2.04. The van der Waals surface area contributed by atoms with Gasteiger partial charge in [-0.15, -0.1) is 0 Å². The standard InChI is InChI=1S/C21H25FN2O4S/c1-28-21(25)24-12-6-9-19(23-29(2,26)27)20(24)14-15-10-11-18(22)17(13-15)16-7-4-3-5-8-16/h3-5,7-8,10-11,13,19-20,23H,6,9,12,14H2,1-2H3/t19-,20-/m1/s1. The molecule has 0 bridgehead atoms. The number of carbonyl (C=O) groups excluding carboxylic acids is 1. The SMILES string of the molecule is COC(=O)N1CCC[C@@H](NS(C)(=O)=O)[C@H]1Cc1ccc(F)c(-c2ccccc2)c1. The highest BCUT2D eigenvalue weighted by Crippen LogP contribution is 2.27. The summed E-state index contributed by atoms with van der Waals surface area (Å²) in [7, 11) is -2.15. The van der Waals surface area contributed by atoms with E-state index in [0.29, 0.717) is 31.4 Å². The van der Waals surface area contributed by atoms with Gasteiger partial charge in [-0.05, 0) is 42.5 Å². The van der Waals surface area contributed by atoms with Crippen molar-refractivity contribution >= 4 is 16.1 Å². The molecule has 1 aliphatic rings. The number of nitrogens with zero attached hydrogens (tertiary/aromatic N) is 1. The molecule has 2 atom stereocenters. The maximum absolute atomic E-state index is 14.4. The van der Waals surface area contributed by atoms with Crippen LogP contribution in [0.5, 0.6) is 0 Å². The lowest BCUT2D eigenvalue weighted by Gasteiger charge is -2.40. The van der Waals surface area contributed by atoms with E-state index in [4.69, 9.17) is 4.74 Å². The second kappa shape index (κ2) is 8.92. The molecule has 2 aromatic carbocycles. The molecule has 156 valence electrons. The lowest BCUT2D eigenvalue weighted by atomic mass is 9.90. The Bertz CT molecular complexity index is 966. The van der Waals surface area contributed by atoms with Gasteiger partial charge in [0.25, 0.3) is 0 Å². The molecule has 6 nitrogen and oxygen atoms in total. The Morgan fingerprint density at radius 1 is 1.24 bits per heavy atom. The van der Waals surface area contributed by atoms with Crippen molar-refractivity contribution in [2.45, 2.75) is 31.3 Å². The number of methoxy groups -OCH3 is 1. The van der Waals surface area contributed by atoms with Crippen LogP contribution in [0.25, 0.3) is 11.1 Å². The number of hydrogen-bond acceptors (Lipinski definition) is 4. The monoisotopic (exact) mass is 420 g/mol. The van der Waals surface area contributed by atoms with E-state index in [9.17, 15) is 17.6 Å². The van der Waals surface area contributed by atoms with Crippen LogP contribution in [0.3, 0.4) is 0 Å². The molecule has 8 heteroatoms. The van der Waals surface area contributed by atoms with Gasteiger partial charge in [0.1, 0.15) is 5.82 Å². The van der Waals surface area contributed by atoms with Gasteiger partial charge in [-0.3, -0.25) is 0 Å². The van der Waals surface area contributed by atoms with E-state index in [0.717, 1.165) is 17.4 Å². The van der Waals surface area contributed by atoms with Crippen LogP contribution >= 0.6 is 0 Å². The Morgan fingerprint density at radius 3 is 2.62 bits per heavy atom. The molecular formula is C21H25FN2O4S. The Balaban J connectivity index is 1.93. The summed E-state index contributed by atoms with van der Waals surface area (Å²) >= 11 is 0. The number of ether oxygens (including phenoxy) is 1. The highest BCUT2D eigenvalue weighted by atomic mass is 32.2. The zero-order valence-electron chi connectivity index (χ0n) is 16.5. The number of likely N-dealkylation sites (tertiary alicyclic amines) is 1. The second-order valence-electron chi connectivity index (χ2n) is 7.25. The molecule has 1 amide bonds. The summed E-state index contributed by atoms with van der Waals surface area (Å²) in [6.07, 6.45) is 2.25. The van der Waals surface area contributed by atoms with Crippen molar-refractivity contribution in [3.8, 4) is 11.1 Å². The first-order valence-electron chi connectivity index (χ1n) is 9.44. The summed E-state index contributed by atoms with van der Waals surface area (Å²) in [5, 5.41) is 0. The molecule has 2 aromatic rings. The van der Waals surface area contributed by atoms with Crippen LogP contribution in [-0.2, 0) is 21.2 Å². The molecular weight excluding hydrogens is 395 g/mol. The summed E-state index contributed by atoms with van der Waals surface area (Å²) < 4.78 is 45.6. The third-order valence-corrected chi connectivity index (χ3v) is 5.84. The quantitative estimate of drug-likeness (QED) is 0.806. The number of piperidine rings is 1. The van der Waals surface area contributed by atoms with E-state index >= 15 is 0 Å². The van der Waals surface area contributed by atoms with Crippen molar-refractivity contribution in [2.24, 2.45) is 0 Å². The van der Waals surface area contributed by atoms with Gasteiger partial charge in [-0.1, -0.05) is 36.4 Å². The van der Waals surface area contributed by atoms with Crippen LogP contribution in [0.1, 0.15) is 18.4 Å². The van der Waals surface area contributed by atoms with Crippen LogP contribution < -0.4 is 4.72 Å². The average Bonchev–Trinajstić information content (AvgIpc) is 2.69. The van der Waals surface area contributed by atoms with Crippen molar-refractivity contribution in [1.29, 1.82) is 0 Å². The van der Waals surface area contributed by atoms with Crippen molar-refractivity contribution in [1.82, 2.24) is 9.62 Å². The van der Waals surface area contributed by atoms with Crippen LogP contribution in [0.4, 0.5) is 9.18 Å². The van der Waals surface area contributed by atoms with Crippen LogP contribution in [0.15, 0.2) is 48.5 Å². The van der Waals surface area contributed by atoms with Gasteiger partial charge < -0.3 is 9.64 Å². The molecule has 0 saturated carbocycles. The maximum Gasteiger partial charge on any atom is 0.409 e. The van der Waals surface area contributed by atoms with E-state index in [-0.39, 0.29) is 5.82 Å². The number of benzene rings is 2. The van der Waals surface area contributed by atoms with Crippen molar-refractivity contribution in [3.63, 3.8) is 0 Å². The maximum atomic E-state index is 14.4. The summed E-state index contributed by atoms with van der Waals surface area (Å²) in [5.74, 6) is -0.334. The highest BCUT2D eigenvalue weighted by molar-refractivity contribution is 7.88. The Hall–Kier alpha value is -2.45. The van der Waals surface area contributed by atoms with Crippen LogP contribution in [-0.4, -0.2) is 51.4 Å². The molecule has 1 aliphatic heterocycles. The fraction of sp³-hybridized carbons (Fsp3) is 0.381. The Labute approximate surface area is 170 Å². The third-order valence-electron chi connectivity index (χ3n) is 5.11. The van der Waals surface area contributed by atoms with E-state index in [2.05, 4.69) is 4.72 Å². The van der Waals surface area contributed by atoms with Crippen molar-refractivity contribution < 1.29 is 22.3 Å². The Morgan fingerprint density at radius 2 is 1.97 bits per heavy atom. The van der Waals surface area contributed by atoms with Crippen LogP contribution in [0, 0.1) is 5.82 Å². The lowest BCUT2D eigenvalue weighted by molar-refractivity contribution is 0.0792. The van der Waals surface area contributed by atoms with E-state index in [1.54, 1.807) is 17.0 Å². The fourth-order valence-corrected chi connectivity index (χ4v) is 4.67. The van der Waals surface area contributed by atoms with Gasteiger partial charge in [0.05, 0.1) is 19.4 Å². The first-order chi connectivity index (χ1) is 13.8. The molecule has 0 aliphatic carbocycles. The molecule has 0 spiro atoms. The minimum absolute atomic E-state index is 0.334. The summed E-state index contributed by atoms with van der Waals surface area (Å²) in [4.78, 5) is 13.8. The number of carbonyl (C=O) groups is 1. The number of sulfonamides is 1. The number of nitrogens with one attached hydrogen (secondary N) is 1. The zero-order chi connectivity index (χ0) is 21.0. The van der Waals surface area contributed by atoms with Gasteiger partial charge in [-0.25, -0.2) is 22.3 Å². The average molecular weight is 421 g/mol. The lowest BCUT2D eigenvalue weighted by Crippen LogP contribution is -2.57. The van der Waals surface area contributed by atoms with E-state index in [1.807, 2.05) is 30.3 Å². The van der Waals surface area contributed by atoms with Gasteiger partial charge >= 0.3 is 6.09 Å². The van der Waals surface area contributed by atoms with Crippen molar-refractivity contribution in [3.05, 3.63) is 59.9 Å². The third kappa shape index (κ3) is 5.33. The fourth-order valence-electron chi connectivity index (χ4n) is 3.85. The second-order valence-corrected chi connectivity index (χ2v) is 9.03. The topological polar surface area (TPSA) is 75.7 Å². The van der Waals surface area contributed by atoms with Gasteiger partial charge in [0, 0.05) is 18.2 Å². The molecule has 1 heterocycles. The summed E-state index contributed by atoms with van der Waals surface area (Å²) in [6.45, 7) is 0.478. The predicted octanol–water partition coefficient (Wildman–Crippen LogP) is 3.18. The number of rotatable bonds is 5. The molecule has 0 unspecified atom stereocenters. The molecule has 29 heavy (non-hydrogen) atoms. The first kappa shape index (κ1) is 21.3. The minimum atomic E-state index is -3.45. The van der Waals surface area contributed by atoms with E-state index in [1.165, 1.54) is 13.2 Å². The first-order valence-corrected chi connectivity index (χ1v) is 11.3. The number of hydrogen-bond donors (Lipinski definition) is 1. The number of halogens is 1. The smallest absolute Gasteiger partial charge is 0.409 e. The molecule has 0 aromatic heterocycles. The van der Waals surface area contributed by atoms with Gasteiger partial charge in [0.15, 0.2) is 0 Å². The van der Waals surface area contributed by atoms with E-state index < -0.39 is 28.2 Å². The number of amides is 1.